The highest BCUT2D eigenvalue weighted by Gasteiger charge is 2.15. The molecule has 0 amide bonds. The van der Waals surface area contributed by atoms with E-state index in [1.165, 1.54) is 0 Å². The molecule has 0 aliphatic rings. The molecule has 0 saturated heterocycles. The average molecular weight is 186 g/mol. The first-order valence-corrected chi connectivity index (χ1v) is 4.39. The monoisotopic (exact) mass is 186 g/mol. The Balaban J connectivity index is 3.71. The normalized spacial score (nSPS) is 12.8. The summed E-state index contributed by atoms with van der Waals surface area (Å²) in [5, 5.41) is 8.81. The average Bonchev–Trinajstić information content (AvgIpc) is 1.81. The van der Waals surface area contributed by atoms with Crippen LogP contribution < -0.4 is 0 Å². The lowest BCUT2D eigenvalue weighted by molar-refractivity contribution is -0.154. The topological polar surface area (TPSA) is 46.5 Å². The molecular weight excluding hydrogens is 168 g/mol. The zero-order valence-corrected chi connectivity index (χ0v) is 8.76. The summed E-state index contributed by atoms with van der Waals surface area (Å²) < 4.78 is 5.07. The number of carbonyl (C=O) groups is 1. The summed E-state index contributed by atoms with van der Waals surface area (Å²) in [6, 6.07) is 0. The molecule has 0 saturated carbocycles. The molecule has 0 aromatic heterocycles. The maximum absolute atomic E-state index is 11.1. The number of aliphatic hydroxyl groups is 1. The van der Waals surface area contributed by atoms with Crippen molar-refractivity contribution in [2.45, 2.75) is 46.1 Å². The number of aliphatic hydroxyl groups excluding tert-OH is 1. The van der Waals surface area contributed by atoms with E-state index in [0.29, 0.717) is 12.8 Å². The van der Waals surface area contributed by atoms with E-state index in [-0.39, 0.29) is 11.7 Å². The Morgan fingerprint density at radius 2 is 2.00 bits per heavy atom. The van der Waals surface area contributed by atoms with Crippen LogP contribution in [0.25, 0.3) is 0 Å². The first kappa shape index (κ1) is 12.0. The Bertz CT molecular complexity index is 195. The van der Waals surface area contributed by atoms with E-state index in [4.69, 9.17) is 9.84 Å². The molecule has 3 heteroatoms. The van der Waals surface area contributed by atoms with Crippen LogP contribution in [0.3, 0.4) is 0 Å². The molecule has 0 aromatic rings. The Morgan fingerprint density at radius 1 is 1.46 bits per heavy atom. The third-order valence-electron chi connectivity index (χ3n) is 1.21. The fraction of sp³-hybridized carbons (Fsp3) is 0.700. The second kappa shape index (κ2) is 4.90. The van der Waals surface area contributed by atoms with Crippen LogP contribution in [-0.2, 0) is 9.53 Å². The molecule has 0 atom stereocenters. The van der Waals surface area contributed by atoms with Gasteiger partial charge in [-0.15, -0.1) is 0 Å². The predicted octanol–water partition coefficient (Wildman–Crippen LogP) is 2.57. The van der Waals surface area contributed by atoms with Crippen molar-refractivity contribution >= 4 is 5.97 Å². The standard InChI is InChI=1S/C10H18O3/c1-8(11)6-5-7-9(12)13-10(2,3)4/h6,11H,5,7H2,1-4H3/b8-6+. The van der Waals surface area contributed by atoms with E-state index in [2.05, 4.69) is 0 Å². The molecule has 0 heterocycles. The zero-order chi connectivity index (χ0) is 10.5. The Labute approximate surface area is 79.4 Å². The highest BCUT2D eigenvalue weighted by molar-refractivity contribution is 5.69. The van der Waals surface area contributed by atoms with Gasteiger partial charge in [-0.1, -0.05) is 0 Å². The van der Waals surface area contributed by atoms with Gasteiger partial charge in [-0.2, -0.15) is 0 Å². The van der Waals surface area contributed by atoms with Crippen LogP contribution in [-0.4, -0.2) is 16.7 Å². The van der Waals surface area contributed by atoms with Crippen LogP contribution >= 0.6 is 0 Å². The van der Waals surface area contributed by atoms with Crippen LogP contribution in [0, 0.1) is 0 Å². The molecular formula is C10H18O3. The van der Waals surface area contributed by atoms with Crippen LogP contribution in [0.2, 0.25) is 0 Å². The number of allylic oxidation sites excluding steroid dienone is 2. The van der Waals surface area contributed by atoms with E-state index in [9.17, 15) is 4.79 Å². The molecule has 1 N–H and O–H groups in total. The fourth-order valence-electron chi connectivity index (χ4n) is 0.791. The van der Waals surface area contributed by atoms with Gasteiger partial charge in [0.1, 0.15) is 5.60 Å². The first-order chi connectivity index (χ1) is 5.81. The molecule has 0 spiro atoms. The summed E-state index contributed by atoms with van der Waals surface area (Å²) in [6.45, 7) is 7.07. The van der Waals surface area contributed by atoms with Gasteiger partial charge in [0.15, 0.2) is 0 Å². The van der Waals surface area contributed by atoms with Gasteiger partial charge in [0.2, 0.25) is 0 Å². The van der Waals surface area contributed by atoms with Crippen molar-refractivity contribution < 1.29 is 14.6 Å². The van der Waals surface area contributed by atoms with Gasteiger partial charge in [-0.3, -0.25) is 4.79 Å². The van der Waals surface area contributed by atoms with Crippen molar-refractivity contribution in [2.75, 3.05) is 0 Å². The molecule has 0 unspecified atom stereocenters. The molecule has 0 bridgehead atoms. The summed E-state index contributed by atoms with van der Waals surface area (Å²) in [4.78, 5) is 11.1. The van der Waals surface area contributed by atoms with Crippen molar-refractivity contribution in [3.8, 4) is 0 Å². The van der Waals surface area contributed by atoms with Crippen LogP contribution in [0.1, 0.15) is 40.5 Å². The minimum Gasteiger partial charge on any atom is -0.513 e. The van der Waals surface area contributed by atoms with Crippen molar-refractivity contribution in [3.05, 3.63) is 11.8 Å². The number of rotatable bonds is 3. The Morgan fingerprint density at radius 3 is 2.38 bits per heavy atom. The Hall–Kier alpha value is -0.990. The molecule has 3 nitrogen and oxygen atoms in total. The fourth-order valence-corrected chi connectivity index (χ4v) is 0.791. The summed E-state index contributed by atoms with van der Waals surface area (Å²) in [7, 11) is 0. The lowest BCUT2D eigenvalue weighted by Gasteiger charge is -2.19. The van der Waals surface area contributed by atoms with Gasteiger partial charge in [-0.25, -0.2) is 0 Å². The van der Waals surface area contributed by atoms with E-state index >= 15 is 0 Å². The summed E-state index contributed by atoms with van der Waals surface area (Å²) >= 11 is 0. The lowest BCUT2D eigenvalue weighted by Crippen LogP contribution is -2.23. The second-order valence-corrected chi connectivity index (χ2v) is 3.97. The van der Waals surface area contributed by atoms with E-state index in [1.54, 1.807) is 13.0 Å². The molecule has 0 aliphatic carbocycles. The minimum absolute atomic E-state index is 0.231. The zero-order valence-electron chi connectivity index (χ0n) is 8.76. The number of ether oxygens (including phenoxy) is 1. The summed E-state index contributed by atoms with van der Waals surface area (Å²) in [5.74, 6) is 0.00792. The van der Waals surface area contributed by atoms with Crippen molar-refractivity contribution in [2.24, 2.45) is 0 Å². The highest BCUT2D eigenvalue weighted by atomic mass is 16.6. The van der Waals surface area contributed by atoms with Crippen LogP contribution in [0.15, 0.2) is 11.8 Å². The van der Waals surface area contributed by atoms with Crippen molar-refractivity contribution in [1.29, 1.82) is 0 Å². The predicted molar refractivity (Wildman–Crippen MR) is 51.5 cm³/mol. The van der Waals surface area contributed by atoms with Gasteiger partial charge in [0.25, 0.3) is 0 Å². The summed E-state index contributed by atoms with van der Waals surface area (Å²) in [5.41, 5.74) is -0.422. The van der Waals surface area contributed by atoms with Gasteiger partial charge in [0, 0.05) is 6.42 Å². The number of carbonyl (C=O) groups excluding carboxylic acids is 1. The van der Waals surface area contributed by atoms with E-state index in [1.807, 2.05) is 20.8 Å². The van der Waals surface area contributed by atoms with Crippen molar-refractivity contribution in [3.63, 3.8) is 0 Å². The maximum Gasteiger partial charge on any atom is 0.306 e. The quantitative estimate of drug-likeness (QED) is 0.544. The molecule has 76 valence electrons. The van der Waals surface area contributed by atoms with Crippen molar-refractivity contribution in [1.82, 2.24) is 0 Å². The maximum atomic E-state index is 11.1. The van der Waals surface area contributed by atoms with Gasteiger partial charge < -0.3 is 9.84 Å². The van der Waals surface area contributed by atoms with Gasteiger partial charge >= 0.3 is 5.97 Å². The van der Waals surface area contributed by atoms with E-state index in [0.717, 1.165) is 0 Å². The first-order valence-electron chi connectivity index (χ1n) is 4.39. The highest BCUT2D eigenvalue weighted by Crippen LogP contribution is 2.09. The largest absolute Gasteiger partial charge is 0.513 e. The molecule has 0 rings (SSSR count). The lowest BCUT2D eigenvalue weighted by atomic mass is 10.2. The number of esters is 1. The molecule has 0 aromatic carbocycles. The minimum atomic E-state index is -0.422. The molecule has 0 radical (unpaired) electrons. The molecule has 13 heavy (non-hydrogen) atoms. The van der Waals surface area contributed by atoms with Gasteiger partial charge in [0.05, 0.1) is 5.76 Å². The third kappa shape index (κ3) is 8.92. The van der Waals surface area contributed by atoms with E-state index < -0.39 is 5.60 Å². The smallest absolute Gasteiger partial charge is 0.306 e. The van der Waals surface area contributed by atoms with Gasteiger partial charge in [-0.05, 0) is 40.2 Å². The molecule has 0 aliphatic heterocycles. The van der Waals surface area contributed by atoms with Crippen LogP contribution in [0.5, 0.6) is 0 Å². The Kier molecular flexibility index (Phi) is 4.52. The second-order valence-electron chi connectivity index (χ2n) is 3.97. The number of hydrogen-bond donors (Lipinski definition) is 1. The number of hydrogen-bond acceptors (Lipinski definition) is 3. The van der Waals surface area contributed by atoms with Crippen LogP contribution in [0.4, 0.5) is 0 Å². The summed E-state index contributed by atoms with van der Waals surface area (Å²) in [6.07, 6.45) is 2.44. The third-order valence-corrected chi connectivity index (χ3v) is 1.21. The SMILES string of the molecule is C/C(O)=C\CCC(=O)OC(C)(C)C. The molecule has 0 fully saturated rings.